The van der Waals surface area contributed by atoms with Gasteiger partial charge in [0.05, 0.1) is 0 Å². The molecule has 2 aromatic rings. The number of hydrogen-bond acceptors (Lipinski definition) is 2. The molecule has 1 atom stereocenters. The molecule has 2 nitrogen and oxygen atoms in total. The monoisotopic (exact) mass is 476 g/mol. The van der Waals surface area contributed by atoms with Crippen LogP contribution in [0.5, 0.6) is 5.75 Å². The van der Waals surface area contributed by atoms with Crippen LogP contribution in [0.2, 0.25) is 0 Å². The summed E-state index contributed by atoms with van der Waals surface area (Å²) in [4.78, 5) is 0. The number of halogens is 4. The molecule has 3 rings (SSSR count). The minimum absolute atomic E-state index is 0.325. The van der Waals surface area contributed by atoms with Gasteiger partial charge in [-0.2, -0.15) is 8.78 Å². The van der Waals surface area contributed by atoms with Gasteiger partial charge < -0.3 is 9.47 Å². The molecule has 0 bridgehead atoms. The quantitative estimate of drug-likeness (QED) is 0.213. The first-order valence-corrected chi connectivity index (χ1v) is 12.0. The minimum atomic E-state index is -3.11. The Morgan fingerprint density at radius 2 is 1.65 bits per heavy atom. The summed E-state index contributed by atoms with van der Waals surface area (Å²) in [7, 11) is 0. The van der Waals surface area contributed by atoms with Crippen molar-refractivity contribution in [3.8, 4) is 5.75 Å². The van der Waals surface area contributed by atoms with Crippen molar-refractivity contribution >= 4 is 5.57 Å². The standard InChI is InChI=1S/C28H32F4O2/c1-2-3-4-5-6-7-10-19-33-28(22-13-14-26(25(30)20-22)34-27(31)32)17-15-21(16-18-28)23-11-8-9-12-24(23)29/h8-9,11-17,20,27H,2-7,10,18-19H2,1H3. The molecule has 0 aliphatic heterocycles. The topological polar surface area (TPSA) is 18.5 Å². The molecule has 0 spiro atoms. The van der Waals surface area contributed by atoms with E-state index in [9.17, 15) is 17.6 Å². The van der Waals surface area contributed by atoms with Gasteiger partial charge in [-0.15, -0.1) is 0 Å². The number of hydrogen-bond donors (Lipinski definition) is 0. The predicted molar refractivity (Wildman–Crippen MR) is 127 cm³/mol. The minimum Gasteiger partial charge on any atom is -0.432 e. The van der Waals surface area contributed by atoms with Crippen LogP contribution in [0.15, 0.2) is 60.7 Å². The zero-order chi connectivity index (χ0) is 24.4. The van der Waals surface area contributed by atoms with E-state index >= 15 is 0 Å². The molecule has 0 radical (unpaired) electrons. The van der Waals surface area contributed by atoms with Gasteiger partial charge in [-0.3, -0.25) is 0 Å². The van der Waals surface area contributed by atoms with Gasteiger partial charge in [-0.25, -0.2) is 8.78 Å². The summed E-state index contributed by atoms with van der Waals surface area (Å²) < 4.78 is 64.4. The Balaban J connectivity index is 1.75. The lowest BCUT2D eigenvalue weighted by atomic mass is 9.83. The van der Waals surface area contributed by atoms with E-state index in [4.69, 9.17) is 4.74 Å². The average molecular weight is 477 g/mol. The highest BCUT2D eigenvalue weighted by atomic mass is 19.3. The molecule has 1 aliphatic rings. The van der Waals surface area contributed by atoms with Crippen LogP contribution in [-0.4, -0.2) is 13.2 Å². The van der Waals surface area contributed by atoms with E-state index < -0.39 is 23.8 Å². The van der Waals surface area contributed by atoms with Crippen LogP contribution in [0, 0.1) is 11.6 Å². The van der Waals surface area contributed by atoms with E-state index in [1.54, 1.807) is 30.4 Å². The Morgan fingerprint density at radius 3 is 2.29 bits per heavy atom. The van der Waals surface area contributed by atoms with Gasteiger partial charge in [0.15, 0.2) is 11.6 Å². The molecule has 0 fully saturated rings. The van der Waals surface area contributed by atoms with E-state index in [-0.39, 0.29) is 5.82 Å². The maximum Gasteiger partial charge on any atom is 0.387 e. The molecule has 0 N–H and O–H groups in total. The van der Waals surface area contributed by atoms with Crippen molar-refractivity contribution in [2.45, 2.75) is 70.5 Å². The maximum absolute atomic E-state index is 14.5. The maximum atomic E-state index is 14.5. The molecule has 184 valence electrons. The second-order valence-electron chi connectivity index (χ2n) is 8.56. The van der Waals surface area contributed by atoms with Gasteiger partial charge in [-0.1, -0.05) is 81.9 Å². The summed E-state index contributed by atoms with van der Waals surface area (Å²) in [5.74, 6) is -1.72. The molecular formula is C28H32F4O2. The van der Waals surface area contributed by atoms with Gasteiger partial charge in [0.1, 0.15) is 11.4 Å². The summed E-state index contributed by atoms with van der Waals surface area (Å²) in [5, 5.41) is 0. The summed E-state index contributed by atoms with van der Waals surface area (Å²) in [6.45, 7) is -0.451. The Bertz CT molecular complexity index is 986. The van der Waals surface area contributed by atoms with Gasteiger partial charge in [0.2, 0.25) is 0 Å². The second-order valence-corrected chi connectivity index (χ2v) is 8.56. The molecule has 0 saturated heterocycles. The third kappa shape index (κ3) is 6.95. The average Bonchev–Trinajstić information content (AvgIpc) is 2.83. The van der Waals surface area contributed by atoms with Crippen molar-refractivity contribution < 1.29 is 27.0 Å². The summed E-state index contributed by atoms with van der Waals surface area (Å²) >= 11 is 0. The normalized spacial score (nSPS) is 17.8. The number of alkyl halides is 2. The first-order chi connectivity index (χ1) is 16.4. The second kappa shape index (κ2) is 12.7. The first-order valence-electron chi connectivity index (χ1n) is 12.0. The predicted octanol–water partition coefficient (Wildman–Crippen LogP) is 8.57. The van der Waals surface area contributed by atoms with Gasteiger partial charge in [-0.05, 0) is 41.8 Å². The summed E-state index contributed by atoms with van der Waals surface area (Å²) in [6, 6.07) is 10.4. The molecule has 0 saturated carbocycles. The molecule has 34 heavy (non-hydrogen) atoms. The zero-order valence-electron chi connectivity index (χ0n) is 19.5. The fourth-order valence-electron chi connectivity index (χ4n) is 4.19. The fraction of sp³-hybridized carbons (Fsp3) is 0.429. The van der Waals surface area contributed by atoms with Gasteiger partial charge in [0, 0.05) is 18.6 Å². The number of unbranched alkanes of at least 4 members (excludes halogenated alkanes) is 6. The van der Waals surface area contributed by atoms with Crippen LogP contribution in [0.4, 0.5) is 17.6 Å². The Morgan fingerprint density at radius 1 is 0.912 bits per heavy atom. The smallest absolute Gasteiger partial charge is 0.387 e. The van der Waals surface area contributed by atoms with E-state index in [0.29, 0.717) is 29.7 Å². The molecule has 0 aromatic heterocycles. The lowest BCUT2D eigenvalue weighted by molar-refractivity contribution is -0.0523. The third-order valence-electron chi connectivity index (χ3n) is 6.09. The van der Waals surface area contributed by atoms with Crippen molar-refractivity contribution in [2.75, 3.05) is 6.61 Å². The zero-order valence-corrected chi connectivity index (χ0v) is 19.5. The molecule has 0 amide bonds. The Kier molecular flexibility index (Phi) is 9.75. The van der Waals surface area contributed by atoms with Crippen LogP contribution in [0.3, 0.4) is 0 Å². The number of benzene rings is 2. The summed E-state index contributed by atoms with van der Waals surface area (Å²) in [5.41, 5.74) is 0.716. The highest BCUT2D eigenvalue weighted by Crippen LogP contribution is 2.39. The molecule has 1 unspecified atom stereocenters. The van der Waals surface area contributed by atoms with Crippen LogP contribution in [-0.2, 0) is 10.3 Å². The summed E-state index contributed by atoms with van der Waals surface area (Å²) in [6.07, 6.45) is 13.7. The van der Waals surface area contributed by atoms with E-state index in [1.807, 2.05) is 6.08 Å². The van der Waals surface area contributed by atoms with Crippen LogP contribution in [0.1, 0.15) is 69.4 Å². The SMILES string of the molecule is CCCCCCCCCOC1(c2ccc(OC(F)F)c(F)c2)C=CC(c2ccccc2F)=CC1. The van der Waals surface area contributed by atoms with Crippen LogP contribution >= 0.6 is 0 Å². The van der Waals surface area contributed by atoms with Crippen molar-refractivity contribution in [1.82, 2.24) is 0 Å². The van der Waals surface area contributed by atoms with Gasteiger partial charge in [0.25, 0.3) is 0 Å². The Labute approximate surface area is 199 Å². The Hall–Kier alpha value is -2.60. The van der Waals surface area contributed by atoms with E-state index in [1.165, 1.54) is 49.9 Å². The molecule has 6 heteroatoms. The lowest BCUT2D eigenvalue weighted by Gasteiger charge is -2.33. The van der Waals surface area contributed by atoms with Crippen molar-refractivity contribution in [1.29, 1.82) is 0 Å². The lowest BCUT2D eigenvalue weighted by Crippen LogP contribution is -2.29. The molecule has 1 aliphatic carbocycles. The first kappa shape index (κ1) is 26.0. The third-order valence-corrected chi connectivity index (χ3v) is 6.09. The highest BCUT2D eigenvalue weighted by molar-refractivity contribution is 5.76. The van der Waals surface area contributed by atoms with Crippen molar-refractivity contribution in [3.63, 3.8) is 0 Å². The molecular weight excluding hydrogens is 444 g/mol. The molecule has 0 heterocycles. The number of rotatable bonds is 13. The van der Waals surface area contributed by atoms with Crippen LogP contribution < -0.4 is 4.74 Å². The van der Waals surface area contributed by atoms with Crippen molar-refractivity contribution in [3.05, 3.63) is 83.5 Å². The van der Waals surface area contributed by atoms with Gasteiger partial charge >= 0.3 is 6.61 Å². The van der Waals surface area contributed by atoms with Crippen LogP contribution in [0.25, 0.3) is 5.57 Å². The number of allylic oxidation sites excluding steroid dienone is 2. The fourth-order valence-corrected chi connectivity index (χ4v) is 4.19. The number of ether oxygens (including phenoxy) is 2. The largest absolute Gasteiger partial charge is 0.432 e. The van der Waals surface area contributed by atoms with E-state index in [0.717, 1.165) is 19.3 Å². The highest BCUT2D eigenvalue weighted by Gasteiger charge is 2.33. The van der Waals surface area contributed by atoms with Crippen molar-refractivity contribution in [2.24, 2.45) is 0 Å². The molecule has 2 aromatic carbocycles. The van der Waals surface area contributed by atoms with E-state index in [2.05, 4.69) is 11.7 Å².